The molecule has 2 amide bonds. The van der Waals surface area contributed by atoms with Crippen LogP contribution >= 0.6 is 0 Å². The smallest absolute Gasteiger partial charge is 0.337 e. The molecule has 0 fully saturated rings. The largest absolute Gasteiger partial charge is 0.490 e. The number of nitrogens with one attached hydrogen (secondary N) is 3. The van der Waals surface area contributed by atoms with Gasteiger partial charge in [0.25, 0.3) is 0 Å². The Labute approximate surface area is 284 Å². The summed E-state index contributed by atoms with van der Waals surface area (Å²) in [6.45, 7) is 9.89. The number of hydrogen-bond acceptors (Lipinski definition) is 10. The van der Waals surface area contributed by atoms with Crippen LogP contribution in [0.5, 0.6) is 23.0 Å². The summed E-state index contributed by atoms with van der Waals surface area (Å²) in [7, 11) is 1.27. The van der Waals surface area contributed by atoms with E-state index in [1.54, 1.807) is 56.3 Å². The summed E-state index contributed by atoms with van der Waals surface area (Å²) in [5.41, 5.74) is 6.16. The maximum Gasteiger partial charge on any atom is 0.337 e. The van der Waals surface area contributed by atoms with E-state index in [9.17, 15) is 19.1 Å². The van der Waals surface area contributed by atoms with Crippen molar-refractivity contribution < 1.29 is 42.8 Å². The molecule has 0 bridgehead atoms. The summed E-state index contributed by atoms with van der Waals surface area (Å²) in [5.74, 6) is 0.845. The predicted octanol–water partition coefficient (Wildman–Crippen LogP) is 5.05. The van der Waals surface area contributed by atoms with Gasteiger partial charge in [-0.05, 0) is 80.3 Å². The minimum atomic E-state index is -1.19. The van der Waals surface area contributed by atoms with Crippen LogP contribution < -0.4 is 35.0 Å². The van der Waals surface area contributed by atoms with Gasteiger partial charge in [-0.3, -0.25) is 5.43 Å². The summed E-state index contributed by atoms with van der Waals surface area (Å²) in [6, 6.07) is 13.5. The van der Waals surface area contributed by atoms with Gasteiger partial charge < -0.3 is 39.4 Å². The summed E-state index contributed by atoms with van der Waals surface area (Å²) in [4.78, 5) is 24.7. The standard InChI is InChI=1S/C36H41FN4O8/c1-6-9-26-16-24(17-30(47-8-3)34(26)49-20-23-10-13-27(37)14-11-23)19-38-41-31(42)21-48-28-15-12-25(18-29(28)46-7-2)33-32(35(43)45-5)22(4)39-36(44)40-33/h6,10-19,31,33,41-42H,1,7-9,20-21H2,2-5H3,(H2,39,40,44)/b38-19-/t31-,33+/m1/s1. The van der Waals surface area contributed by atoms with Gasteiger partial charge in [0.2, 0.25) is 0 Å². The number of benzene rings is 3. The topological polar surface area (TPSA) is 149 Å². The van der Waals surface area contributed by atoms with Crippen LogP contribution in [0.25, 0.3) is 0 Å². The third-order valence-corrected chi connectivity index (χ3v) is 7.22. The lowest BCUT2D eigenvalue weighted by atomic mass is 9.95. The molecule has 0 saturated carbocycles. The lowest BCUT2D eigenvalue weighted by Crippen LogP contribution is -2.45. The number of urea groups is 1. The number of amides is 2. The molecule has 0 aliphatic carbocycles. The lowest BCUT2D eigenvalue weighted by molar-refractivity contribution is -0.136. The molecular formula is C36H41FN4O8. The SMILES string of the molecule is C=CCc1cc(/C=N\N[C@H](O)COc2ccc([C@@H]3NC(=O)NC(C)=C3C(=O)OC)cc2OCC)cc(OCC)c1OCc1ccc(F)cc1. The van der Waals surface area contributed by atoms with Crippen molar-refractivity contribution in [2.75, 3.05) is 26.9 Å². The first-order valence-electron chi connectivity index (χ1n) is 15.7. The minimum Gasteiger partial charge on any atom is -0.490 e. The summed E-state index contributed by atoms with van der Waals surface area (Å²) in [6.07, 6.45) is 2.58. The third-order valence-electron chi connectivity index (χ3n) is 7.22. The zero-order chi connectivity index (χ0) is 35.3. The highest BCUT2D eigenvalue weighted by atomic mass is 19.1. The third kappa shape index (κ3) is 9.73. The monoisotopic (exact) mass is 676 g/mol. The van der Waals surface area contributed by atoms with Gasteiger partial charge >= 0.3 is 12.0 Å². The van der Waals surface area contributed by atoms with Crippen LogP contribution in [0.15, 0.2) is 83.6 Å². The molecule has 3 aromatic rings. The van der Waals surface area contributed by atoms with E-state index in [0.717, 1.165) is 11.1 Å². The second-order valence-corrected chi connectivity index (χ2v) is 10.8. The number of ether oxygens (including phenoxy) is 5. The first-order valence-corrected chi connectivity index (χ1v) is 15.7. The Hall–Kier alpha value is -5.56. The molecule has 1 heterocycles. The number of halogens is 1. The van der Waals surface area contributed by atoms with Crippen LogP contribution in [0.3, 0.4) is 0 Å². The zero-order valence-corrected chi connectivity index (χ0v) is 27.9. The number of nitrogens with zero attached hydrogens (tertiary/aromatic N) is 1. The van der Waals surface area contributed by atoms with Crippen LogP contribution in [-0.2, 0) is 22.6 Å². The first-order chi connectivity index (χ1) is 23.7. The Kier molecular flexibility index (Phi) is 13.0. The quantitative estimate of drug-likeness (QED) is 0.0507. The Balaban J connectivity index is 1.44. The number of carbonyl (C=O) groups excluding carboxylic acids is 2. The van der Waals surface area contributed by atoms with Crippen molar-refractivity contribution in [3.8, 4) is 23.0 Å². The Morgan fingerprint density at radius 1 is 1.04 bits per heavy atom. The molecule has 0 saturated heterocycles. The van der Waals surface area contributed by atoms with E-state index < -0.39 is 24.3 Å². The molecule has 0 radical (unpaired) electrons. The molecule has 4 N–H and O–H groups in total. The Morgan fingerprint density at radius 3 is 2.47 bits per heavy atom. The van der Waals surface area contributed by atoms with Gasteiger partial charge in [0.1, 0.15) is 19.0 Å². The number of rotatable bonds is 17. The van der Waals surface area contributed by atoms with Crippen LogP contribution in [0.4, 0.5) is 9.18 Å². The van der Waals surface area contributed by atoms with Crippen LogP contribution in [0.2, 0.25) is 0 Å². The fraction of sp³-hybridized carbons (Fsp3) is 0.306. The molecule has 1 aliphatic heterocycles. The number of hydrogen-bond donors (Lipinski definition) is 4. The van der Waals surface area contributed by atoms with Crippen molar-refractivity contribution in [3.63, 3.8) is 0 Å². The van der Waals surface area contributed by atoms with Gasteiger partial charge in [0, 0.05) is 11.3 Å². The van der Waals surface area contributed by atoms with E-state index in [0.29, 0.717) is 59.5 Å². The highest BCUT2D eigenvalue weighted by Crippen LogP contribution is 2.36. The zero-order valence-electron chi connectivity index (χ0n) is 27.9. The van der Waals surface area contributed by atoms with Crippen molar-refractivity contribution in [1.29, 1.82) is 0 Å². The highest BCUT2D eigenvalue weighted by molar-refractivity contribution is 5.95. The molecule has 3 aromatic carbocycles. The molecule has 13 heteroatoms. The molecule has 1 aliphatic rings. The van der Waals surface area contributed by atoms with Gasteiger partial charge in [-0.15, -0.1) is 6.58 Å². The van der Waals surface area contributed by atoms with Crippen molar-refractivity contribution in [2.45, 2.75) is 46.1 Å². The maximum atomic E-state index is 13.3. The summed E-state index contributed by atoms with van der Waals surface area (Å²) >= 11 is 0. The molecule has 0 spiro atoms. The number of carbonyl (C=O) groups is 2. The fourth-order valence-corrected chi connectivity index (χ4v) is 5.05. The first kappa shape index (κ1) is 36.3. The predicted molar refractivity (Wildman–Crippen MR) is 181 cm³/mol. The van der Waals surface area contributed by atoms with Crippen LogP contribution in [0, 0.1) is 5.82 Å². The van der Waals surface area contributed by atoms with E-state index in [-0.39, 0.29) is 24.6 Å². The maximum absolute atomic E-state index is 13.3. The number of aliphatic hydroxyl groups excluding tert-OH is 1. The second kappa shape index (κ2) is 17.6. The lowest BCUT2D eigenvalue weighted by Gasteiger charge is -2.28. The molecule has 4 rings (SSSR count). The number of allylic oxidation sites excluding steroid dienone is 2. The minimum absolute atomic E-state index is 0.185. The van der Waals surface area contributed by atoms with Crippen molar-refractivity contribution in [3.05, 3.63) is 107 Å². The van der Waals surface area contributed by atoms with E-state index in [2.05, 4.69) is 27.7 Å². The average Bonchev–Trinajstić information content (AvgIpc) is 3.08. The molecule has 12 nitrogen and oxygen atoms in total. The molecular weight excluding hydrogens is 635 g/mol. The second-order valence-electron chi connectivity index (χ2n) is 10.8. The summed E-state index contributed by atoms with van der Waals surface area (Å²) < 4.78 is 41.8. The van der Waals surface area contributed by atoms with E-state index in [1.807, 2.05) is 13.0 Å². The molecule has 260 valence electrons. The molecule has 0 unspecified atom stereocenters. The number of esters is 1. The van der Waals surface area contributed by atoms with E-state index in [1.165, 1.54) is 25.5 Å². The van der Waals surface area contributed by atoms with Gasteiger partial charge in [-0.2, -0.15) is 5.10 Å². The van der Waals surface area contributed by atoms with Crippen LogP contribution in [0.1, 0.15) is 49.1 Å². The van der Waals surface area contributed by atoms with Crippen molar-refractivity contribution >= 4 is 18.2 Å². The van der Waals surface area contributed by atoms with Gasteiger partial charge in [0.15, 0.2) is 29.2 Å². The molecule has 49 heavy (non-hydrogen) atoms. The molecule has 2 atom stereocenters. The highest BCUT2D eigenvalue weighted by Gasteiger charge is 2.32. The van der Waals surface area contributed by atoms with Crippen molar-refractivity contribution in [2.24, 2.45) is 5.10 Å². The fourth-order valence-electron chi connectivity index (χ4n) is 5.05. The summed E-state index contributed by atoms with van der Waals surface area (Å²) in [5, 5.41) is 20.1. The normalized spacial score (nSPS) is 14.8. The van der Waals surface area contributed by atoms with Crippen LogP contribution in [-0.4, -0.2) is 56.5 Å². The Bertz CT molecular complexity index is 1690. The van der Waals surface area contributed by atoms with E-state index in [4.69, 9.17) is 23.7 Å². The average molecular weight is 677 g/mol. The van der Waals surface area contributed by atoms with E-state index >= 15 is 0 Å². The van der Waals surface area contributed by atoms with Crippen molar-refractivity contribution in [1.82, 2.24) is 16.1 Å². The van der Waals surface area contributed by atoms with Gasteiger partial charge in [-0.25, -0.2) is 14.0 Å². The Morgan fingerprint density at radius 2 is 1.78 bits per heavy atom. The molecule has 0 aromatic heterocycles. The van der Waals surface area contributed by atoms with Gasteiger partial charge in [0.05, 0.1) is 38.2 Å². The number of aliphatic hydroxyl groups is 1. The number of hydrazone groups is 1. The van der Waals surface area contributed by atoms with Gasteiger partial charge in [-0.1, -0.05) is 24.3 Å². The number of methoxy groups -OCH3 is 1.